The van der Waals surface area contributed by atoms with E-state index in [-0.39, 0.29) is 11.8 Å². The Labute approximate surface area is 222 Å². The van der Waals surface area contributed by atoms with E-state index in [1.165, 1.54) is 10.5 Å². The van der Waals surface area contributed by atoms with Crippen LogP contribution in [0, 0.1) is 19.8 Å². The maximum Gasteiger partial charge on any atom is 0.241 e. The molecule has 1 aromatic heterocycles. The minimum Gasteiger partial charge on any atom is -0.338 e. The van der Waals surface area contributed by atoms with Crippen LogP contribution in [0.25, 0.3) is 11.4 Å². The van der Waals surface area contributed by atoms with Gasteiger partial charge < -0.3 is 9.84 Å². The average molecular weight is 513 g/mol. The van der Waals surface area contributed by atoms with E-state index in [9.17, 15) is 4.79 Å². The van der Waals surface area contributed by atoms with E-state index in [1.807, 2.05) is 49.0 Å². The second-order valence-electron chi connectivity index (χ2n) is 9.67. The van der Waals surface area contributed by atoms with Crippen LogP contribution in [-0.4, -0.2) is 34.0 Å². The summed E-state index contributed by atoms with van der Waals surface area (Å²) in [5.41, 5.74) is 5.37. The number of rotatable bonds is 8. The maximum absolute atomic E-state index is 13.0. The monoisotopic (exact) mass is 512 g/mol. The third-order valence-corrected chi connectivity index (χ3v) is 7.84. The molecule has 0 saturated carbocycles. The smallest absolute Gasteiger partial charge is 0.241 e. The van der Waals surface area contributed by atoms with Gasteiger partial charge in [0.2, 0.25) is 17.6 Å². The van der Waals surface area contributed by atoms with E-state index >= 15 is 0 Å². The summed E-state index contributed by atoms with van der Waals surface area (Å²) in [6.07, 6.45) is 1.63. The number of benzene rings is 3. The van der Waals surface area contributed by atoms with Gasteiger partial charge in [-0.15, -0.1) is 11.8 Å². The number of aromatic nitrogens is 2. The molecular formula is C30H32N4O2S. The number of anilines is 1. The molecule has 1 aliphatic heterocycles. The molecule has 5 rings (SSSR count). The number of hydrogen-bond acceptors (Lipinski definition) is 6. The van der Waals surface area contributed by atoms with Crippen LogP contribution in [-0.2, 0) is 17.1 Å². The van der Waals surface area contributed by atoms with Crippen LogP contribution in [0.2, 0.25) is 0 Å². The van der Waals surface area contributed by atoms with Gasteiger partial charge in [-0.2, -0.15) is 4.98 Å². The highest BCUT2D eigenvalue weighted by Gasteiger charge is 2.26. The Hall–Kier alpha value is -3.42. The molecule has 0 atom stereocenters. The van der Waals surface area contributed by atoms with E-state index in [0.29, 0.717) is 18.3 Å². The standard InChI is InChI=1S/C30H32N4O2S/c1-21-7-6-8-25(17-21)29-32-28(36-33-29)19-34-15-13-24(14-16-34)30(35)31-27-12-11-23(18-22(27)2)20-37-26-9-4-3-5-10-26/h3-12,17-18,24H,13-16,19-20H2,1-2H3,(H,31,35). The molecule has 3 aromatic carbocycles. The summed E-state index contributed by atoms with van der Waals surface area (Å²) in [7, 11) is 0. The minimum absolute atomic E-state index is 0.00880. The molecule has 1 amide bonds. The molecule has 37 heavy (non-hydrogen) atoms. The molecular weight excluding hydrogens is 480 g/mol. The van der Waals surface area contributed by atoms with Crippen LogP contribution in [0.4, 0.5) is 5.69 Å². The first-order valence-electron chi connectivity index (χ1n) is 12.7. The van der Waals surface area contributed by atoms with Gasteiger partial charge in [0.05, 0.1) is 6.54 Å². The molecule has 190 valence electrons. The molecule has 1 aliphatic rings. The van der Waals surface area contributed by atoms with E-state index in [1.54, 1.807) is 0 Å². The van der Waals surface area contributed by atoms with Crippen LogP contribution in [0.3, 0.4) is 0 Å². The topological polar surface area (TPSA) is 71.3 Å². The van der Waals surface area contributed by atoms with Crippen molar-refractivity contribution in [1.82, 2.24) is 15.0 Å². The third kappa shape index (κ3) is 6.67. The second-order valence-corrected chi connectivity index (χ2v) is 10.7. The highest BCUT2D eigenvalue weighted by atomic mass is 32.2. The molecule has 6 nitrogen and oxygen atoms in total. The number of nitrogens with one attached hydrogen (secondary N) is 1. The number of likely N-dealkylation sites (tertiary alicyclic amines) is 1. The van der Waals surface area contributed by atoms with Crippen molar-refractivity contribution in [2.45, 2.75) is 43.9 Å². The lowest BCUT2D eigenvalue weighted by molar-refractivity contribution is -0.121. The number of hydrogen-bond donors (Lipinski definition) is 1. The fraction of sp³-hybridized carbons (Fsp3) is 0.300. The molecule has 1 saturated heterocycles. The van der Waals surface area contributed by atoms with Gasteiger partial charge >= 0.3 is 0 Å². The van der Waals surface area contributed by atoms with Gasteiger partial charge in [-0.1, -0.05) is 59.3 Å². The number of carbonyl (C=O) groups is 1. The minimum atomic E-state index is 0.00880. The van der Waals surface area contributed by atoms with Crippen molar-refractivity contribution >= 4 is 23.4 Å². The highest BCUT2D eigenvalue weighted by molar-refractivity contribution is 7.98. The van der Waals surface area contributed by atoms with E-state index in [4.69, 9.17) is 4.52 Å². The van der Waals surface area contributed by atoms with Crippen molar-refractivity contribution in [2.75, 3.05) is 18.4 Å². The largest absolute Gasteiger partial charge is 0.338 e. The van der Waals surface area contributed by atoms with E-state index < -0.39 is 0 Å². The molecule has 7 heteroatoms. The zero-order valence-electron chi connectivity index (χ0n) is 21.3. The number of thioether (sulfide) groups is 1. The number of amides is 1. The summed E-state index contributed by atoms with van der Waals surface area (Å²) in [6, 6.07) is 24.8. The molecule has 1 N–H and O–H groups in total. The molecule has 4 aromatic rings. The first kappa shape index (κ1) is 25.2. The normalized spacial score (nSPS) is 14.5. The fourth-order valence-corrected chi connectivity index (χ4v) is 5.50. The van der Waals surface area contributed by atoms with Crippen molar-refractivity contribution in [3.63, 3.8) is 0 Å². The summed E-state index contributed by atoms with van der Waals surface area (Å²) < 4.78 is 5.50. The molecule has 0 radical (unpaired) electrons. The summed E-state index contributed by atoms with van der Waals surface area (Å²) in [4.78, 5) is 21.1. The molecule has 0 aliphatic carbocycles. The lowest BCUT2D eigenvalue weighted by Crippen LogP contribution is -2.37. The van der Waals surface area contributed by atoms with E-state index in [2.05, 4.69) is 69.7 Å². The average Bonchev–Trinajstić information content (AvgIpc) is 3.38. The molecule has 2 heterocycles. The Morgan fingerprint density at radius 3 is 2.59 bits per heavy atom. The fourth-order valence-electron chi connectivity index (χ4n) is 4.64. The number of carbonyl (C=O) groups excluding carboxylic acids is 1. The van der Waals surface area contributed by atoms with E-state index in [0.717, 1.165) is 54.1 Å². The van der Waals surface area contributed by atoms with Gasteiger partial charge in [0.25, 0.3) is 0 Å². The van der Waals surface area contributed by atoms with Crippen molar-refractivity contribution in [3.05, 3.63) is 95.4 Å². The third-order valence-electron chi connectivity index (χ3n) is 6.76. The summed E-state index contributed by atoms with van der Waals surface area (Å²) in [5.74, 6) is 2.25. The van der Waals surface area contributed by atoms with Crippen molar-refractivity contribution in [3.8, 4) is 11.4 Å². The van der Waals surface area contributed by atoms with Crippen molar-refractivity contribution in [1.29, 1.82) is 0 Å². The molecule has 0 unspecified atom stereocenters. The molecule has 1 fully saturated rings. The summed E-state index contributed by atoms with van der Waals surface area (Å²) >= 11 is 1.82. The Kier molecular flexibility index (Phi) is 8.02. The highest BCUT2D eigenvalue weighted by Crippen LogP contribution is 2.27. The summed E-state index contributed by atoms with van der Waals surface area (Å²) in [5, 5.41) is 7.31. The van der Waals surface area contributed by atoms with Crippen LogP contribution < -0.4 is 5.32 Å². The predicted molar refractivity (Wildman–Crippen MR) is 148 cm³/mol. The van der Waals surface area contributed by atoms with Crippen molar-refractivity contribution in [2.24, 2.45) is 5.92 Å². The molecule has 0 spiro atoms. The van der Waals surface area contributed by atoms with Crippen LogP contribution in [0.15, 0.2) is 82.2 Å². The number of aryl methyl sites for hydroxylation is 2. The first-order chi connectivity index (χ1) is 18.0. The molecule has 0 bridgehead atoms. The Bertz CT molecular complexity index is 1350. The van der Waals surface area contributed by atoms with Crippen LogP contribution in [0.1, 0.15) is 35.4 Å². The number of nitrogens with zero attached hydrogens (tertiary/aromatic N) is 3. The second kappa shape index (κ2) is 11.8. The van der Waals surface area contributed by atoms with Crippen LogP contribution in [0.5, 0.6) is 0 Å². The maximum atomic E-state index is 13.0. The number of piperidine rings is 1. The van der Waals surface area contributed by atoms with Gasteiger partial charge in [0, 0.05) is 27.8 Å². The van der Waals surface area contributed by atoms with Crippen LogP contribution >= 0.6 is 11.8 Å². The zero-order valence-corrected chi connectivity index (χ0v) is 22.1. The van der Waals surface area contributed by atoms with Gasteiger partial charge in [-0.25, -0.2) is 0 Å². The van der Waals surface area contributed by atoms with Gasteiger partial charge in [0.1, 0.15) is 0 Å². The van der Waals surface area contributed by atoms with Crippen molar-refractivity contribution < 1.29 is 9.32 Å². The first-order valence-corrected chi connectivity index (χ1v) is 13.7. The van der Waals surface area contributed by atoms with Gasteiger partial charge in [-0.3, -0.25) is 9.69 Å². The summed E-state index contributed by atoms with van der Waals surface area (Å²) in [6.45, 7) is 6.37. The lowest BCUT2D eigenvalue weighted by Gasteiger charge is -2.30. The van der Waals surface area contributed by atoms with Gasteiger partial charge in [-0.05, 0) is 75.2 Å². The quantitative estimate of drug-likeness (QED) is 0.272. The Balaban J connectivity index is 1.10. The SMILES string of the molecule is Cc1cccc(-c2noc(CN3CCC(C(=O)Nc4ccc(CSc5ccccc5)cc4C)CC3)n2)c1. The zero-order chi connectivity index (χ0) is 25.6. The van der Waals surface area contributed by atoms with Gasteiger partial charge in [0.15, 0.2) is 0 Å². The lowest BCUT2D eigenvalue weighted by atomic mass is 9.95. The Morgan fingerprint density at radius 2 is 1.84 bits per heavy atom. The Morgan fingerprint density at radius 1 is 1.03 bits per heavy atom. The predicted octanol–water partition coefficient (Wildman–Crippen LogP) is 6.50.